The second-order valence-corrected chi connectivity index (χ2v) is 3.05. The van der Waals surface area contributed by atoms with Crippen molar-refractivity contribution in [2.45, 2.75) is 13.5 Å². The lowest BCUT2D eigenvalue weighted by atomic mass is 10.2. The smallest absolute Gasteiger partial charge is 0.139 e. The van der Waals surface area contributed by atoms with Gasteiger partial charge in [-0.05, 0) is 19.1 Å². The minimum absolute atomic E-state index is 0.229. The Morgan fingerprint density at radius 3 is 3.00 bits per heavy atom. The molecule has 1 heterocycles. The van der Waals surface area contributed by atoms with E-state index in [2.05, 4.69) is 4.98 Å². The van der Waals surface area contributed by atoms with Crippen LogP contribution in [-0.2, 0) is 6.54 Å². The van der Waals surface area contributed by atoms with Crippen LogP contribution in [0.15, 0.2) is 36.7 Å². The highest BCUT2D eigenvalue weighted by molar-refractivity contribution is 5.55. The lowest BCUT2D eigenvalue weighted by Gasteiger charge is -2.04. The van der Waals surface area contributed by atoms with E-state index >= 15 is 0 Å². The second kappa shape index (κ2) is 3.62. The van der Waals surface area contributed by atoms with E-state index in [-0.39, 0.29) is 5.82 Å². The van der Waals surface area contributed by atoms with Gasteiger partial charge in [-0.1, -0.05) is 12.1 Å². The molecular formula is C11H11FN2. The van der Waals surface area contributed by atoms with Crippen molar-refractivity contribution in [2.75, 3.05) is 0 Å². The van der Waals surface area contributed by atoms with Gasteiger partial charge in [0.05, 0.1) is 0 Å². The number of benzene rings is 1. The van der Waals surface area contributed by atoms with Crippen LogP contribution in [0.25, 0.3) is 11.4 Å². The molecule has 1 aromatic heterocycles. The zero-order valence-corrected chi connectivity index (χ0v) is 7.94. The van der Waals surface area contributed by atoms with Crippen molar-refractivity contribution in [3.63, 3.8) is 0 Å². The molecule has 0 aliphatic rings. The zero-order valence-electron chi connectivity index (χ0n) is 7.94. The highest BCUT2D eigenvalue weighted by Gasteiger charge is 2.04. The molecule has 2 nitrogen and oxygen atoms in total. The summed E-state index contributed by atoms with van der Waals surface area (Å²) in [6.45, 7) is 2.87. The molecule has 72 valence electrons. The van der Waals surface area contributed by atoms with Crippen LogP contribution in [0, 0.1) is 5.82 Å². The quantitative estimate of drug-likeness (QED) is 0.712. The number of aromatic nitrogens is 2. The van der Waals surface area contributed by atoms with Gasteiger partial charge in [0.15, 0.2) is 0 Å². The van der Waals surface area contributed by atoms with E-state index < -0.39 is 0 Å². The number of nitrogens with zero attached hydrogens (tertiary/aromatic N) is 2. The molecule has 0 saturated heterocycles. The summed E-state index contributed by atoms with van der Waals surface area (Å²) in [5.41, 5.74) is 0.817. The highest BCUT2D eigenvalue weighted by atomic mass is 19.1. The Labute approximate surface area is 82.0 Å². The Bertz CT molecular complexity index is 434. The maximum Gasteiger partial charge on any atom is 0.139 e. The lowest BCUT2D eigenvalue weighted by Crippen LogP contribution is -1.95. The molecule has 0 amide bonds. The molecule has 0 radical (unpaired) electrons. The Hall–Kier alpha value is -1.64. The van der Waals surface area contributed by atoms with Gasteiger partial charge in [-0.2, -0.15) is 0 Å². The average molecular weight is 190 g/mol. The van der Waals surface area contributed by atoms with E-state index in [1.54, 1.807) is 12.3 Å². The number of imidazole rings is 1. The molecule has 0 spiro atoms. The first-order chi connectivity index (χ1) is 6.81. The molecule has 0 aliphatic carbocycles. The van der Waals surface area contributed by atoms with Crippen molar-refractivity contribution in [1.29, 1.82) is 0 Å². The topological polar surface area (TPSA) is 17.8 Å². The molecule has 0 fully saturated rings. The normalized spacial score (nSPS) is 10.4. The van der Waals surface area contributed by atoms with Crippen LogP contribution < -0.4 is 0 Å². The zero-order chi connectivity index (χ0) is 9.97. The Balaban J connectivity index is 2.49. The molecule has 2 rings (SSSR count). The summed E-state index contributed by atoms with van der Waals surface area (Å²) in [5, 5.41) is 0. The van der Waals surface area contributed by atoms with Crippen molar-refractivity contribution in [3.05, 3.63) is 42.5 Å². The minimum atomic E-state index is -0.229. The highest BCUT2D eigenvalue weighted by Crippen LogP contribution is 2.17. The van der Waals surface area contributed by atoms with Crippen LogP contribution in [0.1, 0.15) is 6.92 Å². The molecule has 14 heavy (non-hydrogen) atoms. The van der Waals surface area contributed by atoms with Crippen LogP contribution in [0.5, 0.6) is 0 Å². The molecule has 1 aromatic carbocycles. The fraction of sp³-hybridized carbons (Fsp3) is 0.182. The van der Waals surface area contributed by atoms with Gasteiger partial charge in [-0.25, -0.2) is 9.37 Å². The van der Waals surface area contributed by atoms with Crippen LogP contribution in [0.4, 0.5) is 4.39 Å². The summed E-state index contributed by atoms with van der Waals surface area (Å²) in [6.07, 6.45) is 3.62. The van der Waals surface area contributed by atoms with Gasteiger partial charge >= 0.3 is 0 Å². The largest absolute Gasteiger partial charge is 0.331 e. The maximum absolute atomic E-state index is 13.0. The predicted molar refractivity (Wildman–Crippen MR) is 53.3 cm³/mol. The molecule has 0 atom stereocenters. The second-order valence-electron chi connectivity index (χ2n) is 3.05. The number of aryl methyl sites for hydroxylation is 1. The van der Waals surface area contributed by atoms with E-state index in [0.29, 0.717) is 0 Å². The molecule has 0 N–H and O–H groups in total. The summed E-state index contributed by atoms with van der Waals surface area (Å²) in [7, 11) is 0. The van der Waals surface area contributed by atoms with E-state index in [0.717, 1.165) is 17.9 Å². The maximum atomic E-state index is 13.0. The number of rotatable bonds is 2. The molecule has 0 saturated carbocycles. The van der Waals surface area contributed by atoms with Crippen molar-refractivity contribution in [2.24, 2.45) is 0 Å². The van der Waals surface area contributed by atoms with Crippen molar-refractivity contribution in [3.8, 4) is 11.4 Å². The first-order valence-corrected chi connectivity index (χ1v) is 4.58. The van der Waals surface area contributed by atoms with Crippen molar-refractivity contribution < 1.29 is 4.39 Å². The predicted octanol–water partition coefficient (Wildman–Crippen LogP) is 2.71. The van der Waals surface area contributed by atoms with E-state index in [1.807, 2.05) is 23.8 Å². The lowest BCUT2D eigenvalue weighted by molar-refractivity contribution is 0.628. The van der Waals surface area contributed by atoms with Crippen molar-refractivity contribution in [1.82, 2.24) is 9.55 Å². The molecule has 3 heteroatoms. The average Bonchev–Trinajstić information content (AvgIpc) is 2.65. The molecular weight excluding hydrogens is 179 g/mol. The SMILES string of the molecule is CCn1ccnc1-c1cccc(F)c1. The van der Waals surface area contributed by atoms with Gasteiger partial charge in [0.25, 0.3) is 0 Å². The van der Waals surface area contributed by atoms with Crippen LogP contribution in [0.2, 0.25) is 0 Å². The number of hydrogen-bond acceptors (Lipinski definition) is 1. The van der Waals surface area contributed by atoms with Gasteiger partial charge < -0.3 is 4.57 Å². The summed E-state index contributed by atoms with van der Waals surface area (Å²) in [5.74, 6) is 0.583. The number of halogens is 1. The third-order valence-electron chi connectivity index (χ3n) is 2.14. The third-order valence-corrected chi connectivity index (χ3v) is 2.14. The standard InChI is InChI=1S/C11H11FN2/c1-2-14-7-6-13-11(14)9-4-3-5-10(12)8-9/h3-8H,2H2,1H3. The third kappa shape index (κ3) is 1.53. The first-order valence-electron chi connectivity index (χ1n) is 4.58. The van der Waals surface area contributed by atoms with Crippen LogP contribution in [-0.4, -0.2) is 9.55 Å². The summed E-state index contributed by atoms with van der Waals surface area (Å²) >= 11 is 0. The fourth-order valence-electron chi connectivity index (χ4n) is 1.45. The summed E-state index contributed by atoms with van der Waals surface area (Å²) in [4.78, 5) is 4.19. The number of hydrogen-bond donors (Lipinski definition) is 0. The van der Waals surface area contributed by atoms with Crippen LogP contribution in [0.3, 0.4) is 0 Å². The monoisotopic (exact) mass is 190 g/mol. The molecule has 0 bridgehead atoms. The Morgan fingerprint density at radius 1 is 1.43 bits per heavy atom. The summed E-state index contributed by atoms with van der Waals surface area (Å²) < 4.78 is 14.9. The molecule has 0 aliphatic heterocycles. The Morgan fingerprint density at radius 2 is 2.29 bits per heavy atom. The fourth-order valence-corrected chi connectivity index (χ4v) is 1.45. The van der Waals surface area contributed by atoms with Crippen LogP contribution >= 0.6 is 0 Å². The Kier molecular flexibility index (Phi) is 2.31. The van der Waals surface area contributed by atoms with Gasteiger partial charge in [-0.3, -0.25) is 0 Å². The molecule has 2 aromatic rings. The first kappa shape index (κ1) is 8.94. The minimum Gasteiger partial charge on any atom is -0.331 e. The van der Waals surface area contributed by atoms with Gasteiger partial charge in [0.1, 0.15) is 11.6 Å². The van der Waals surface area contributed by atoms with E-state index in [1.165, 1.54) is 12.1 Å². The summed E-state index contributed by atoms with van der Waals surface area (Å²) in [6, 6.07) is 6.48. The van der Waals surface area contributed by atoms with E-state index in [4.69, 9.17) is 0 Å². The van der Waals surface area contributed by atoms with Crippen molar-refractivity contribution >= 4 is 0 Å². The van der Waals surface area contributed by atoms with Gasteiger partial charge in [0, 0.05) is 24.5 Å². The molecule has 0 unspecified atom stereocenters. The van der Waals surface area contributed by atoms with Gasteiger partial charge in [-0.15, -0.1) is 0 Å². The van der Waals surface area contributed by atoms with Gasteiger partial charge in [0.2, 0.25) is 0 Å². The van der Waals surface area contributed by atoms with E-state index in [9.17, 15) is 4.39 Å².